The smallest absolute Gasteiger partial charge is 0.248 e. The average Bonchev–Trinajstić information content (AvgIpc) is 2.04. The second-order valence-electron chi connectivity index (χ2n) is 2.70. The lowest BCUT2D eigenvalue weighted by Gasteiger charge is -2.07. The van der Waals surface area contributed by atoms with Crippen LogP contribution in [0.5, 0.6) is 0 Å². The maximum atomic E-state index is 10.9. The van der Waals surface area contributed by atoms with E-state index >= 15 is 0 Å². The topological polar surface area (TPSA) is 32.9 Å². The molecule has 0 bridgehead atoms. The van der Waals surface area contributed by atoms with Gasteiger partial charge in [0, 0.05) is 11.8 Å². The number of pyridine rings is 1. The Morgan fingerprint density at radius 2 is 2.27 bits per heavy atom. The van der Waals surface area contributed by atoms with Crippen molar-refractivity contribution in [3.63, 3.8) is 0 Å². The van der Waals surface area contributed by atoms with Crippen molar-refractivity contribution in [1.29, 1.82) is 0 Å². The molecular weight excluding hydrogens is 138 g/mol. The van der Waals surface area contributed by atoms with Gasteiger partial charge in [-0.05, 0) is 24.5 Å². The highest BCUT2D eigenvalue weighted by Crippen LogP contribution is 2.13. The summed E-state index contributed by atoms with van der Waals surface area (Å²) in [5, 5.41) is 0. The van der Waals surface area contributed by atoms with Gasteiger partial charge in [-0.1, -0.05) is 12.2 Å². The summed E-state index contributed by atoms with van der Waals surface area (Å²) < 4.78 is 0. The summed E-state index contributed by atoms with van der Waals surface area (Å²) in [7, 11) is 0. The van der Waals surface area contributed by atoms with Gasteiger partial charge in [0.2, 0.25) is 5.56 Å². The SMILES string of the molecule is O=c1ccc2c([nH]1)CCC=C2. The minimum atomic E-state index is -0.000880. The molecular formula is C9H9NO. The quantitative estimate of drug-likeness (QED) is 0.590. The molecule has 1 aliphatic rings. The van der Waals surface area contributed by atoms with Crippen molar-refractivity contribution < 1.29 is 0 Å². The number of aryl methyl sites for hydroxylation is 1. The van der Waals surface area contributed by atoms with Crippen LogP contribution in [0, 0.1) is 0 Å². The van der Waals surface area contributed by atoms with Gasteiger partial charge in [0.05, 0.1) is 0 Å². The minimum Gasteiger partial charge on any atom is -0.326 e. The Labute approximate surface area is 64.6 Å². The van der Waals surface area contributed by atoms with Gasteiger partial charge in [0.25, 0.3) is 0 Å². The standard InChI is InChI=1S/C9H9NO/c11-9-6-5-7-3-1-2-4-8(7)10-9/h1,3,5-6H,2,4H2,(H,10,11). The first-order valence-corrected chi connectivity index (χ1v) is 3.75. The van der Waals surface area contributed by atoms with Crippen molar-refractivity contribution in [3.8, 4) is 0 Å². The summed E-state index contributed by atoms with van der Waals surface area (Å²) in [4.78, 5) is 13.7. The van der Waals surface area contributed by atoms with Crippen LogP contribution >= 0.6 is 0 Å². The number of fused-ring (bicyclic) bond motifs is 1. The van der Waals surface area contributed by atoms with E-state index in [4.69, 9.17) is 0 Å². The van der Waals surface area contributed by atoms with Crippen molar-refractivity contribution in [3.05, 3.63) is 39.8 Å². The van der Waals surface area contributed by atoms with E-state index in [-0.39, 0.29) is 5.56 Å². The first kappa shape index (κ1) is 6.40. The molecule has 0 saturated carbocycles. The third kappa shape index (κ3) is 1.11. The summed E-state index contributed by atoms with van der Waals surface area (Å²) >= 11 is 0. The number of H-pyrrole nitrogens is 1. The predicted molar refractivity (Wildman–Crippen MR) is 44.4 cm³/mol. The summed E-state index contributed by atoms with van der Waals surface area (Å²) in [6, 6.07) is 3.43. The van der Waals surface area contributed by atoms with Crippen LogP contribution in [-0.2, 0) is 6.42 Å². The van der Waals surface area contributed by atoms with Crippen molar-refractivity contribution >= 4 is 6.08 Å². The van der Waals surface area contributed by atoms with Gasteiger partial charge in [-0.2, -0.15) is 0 Å². The lowest BCUT2D eigenvalue weighted by Crippen LogP contribution is -2.09. The summed E-state index contributed by atoms with van der Waals surface area (Å²) in [5.41, 5.74) is 2.22. The molecule has 2 heteroatoms. The highest BCUT2D eigenvalue weighted by molar-refractivity contribution is 5.53. The number of rotatable bonds is 0. The molecule has 0 aliphatic heterocycles. The number of allylic oxidation sites excluding steroid dienone is 1. The van der Waals surface area contributed by atoms with Crippen LogP contribution in [0.1, 0.15) is 17.7 Å². The second kappa shape index (κ2) is 2.38. The molecule has 56 valence electrons. The third-order valence-electron chi connectivity index (χ3n) is 1.90. The molecule has 1 aromatic heterocycles. The highest BCUT2D eigenvalue weighted by Gasteiger charge is 2.02. The van der Waals surface area contributed by atoms with Crippen molar-refractivity contribution in [1.82, 2.24) is 4.98 Å². The van der Waals surface area contributed by atoms with Crippen LogP contribution in [0.2, 0.25) is 0 Å². The second-order valence-corrected chi connectivity index (χ2v) is 2.70. The van der Waals surface area contributed by atoms with E-state index in [1.54, 1.807) is 6.07 Å². The Bertz CT molecular complexity index is 349. The molecule has 0 amide bonds. The Hall–Kier alpha value is -1.31. The van der Waals surface area contributed by atoms with Crippen LogP contribution < -0.4 is 5.56 Å². The van der Waals surface area contributed by atoms with Crippen LogP contribution in [0.3, 0.4) is 0 Å². The number of nitrogens with one attached hydrogen (secondary N) is 1. The molecule has 0 unspecified atom stereocenters. The zero-order valence-electron chi connectivity index (χ0n) is 6.13. The van der Waals surface area contributed by atoms with E-state index in [1.165, 1.54) is 0 Å². The van der Waals surface area contributed by atoms with Gasteiger partial charge in [-0.3, -0.25) is 4.79 Å². The Kier molecular flexibility index (Phi) is 1.39. The van der Waals surface area contributed by atoms with E-state index in [9.17, 15) is 4.79 Å². The molecule has 2 nitrogen and oxygen atoms in total. The van der Waals surface area contributed by atoms with Crippen LogP contribution in [0.25, 0.3) is 6.08 Å². The number of hydrogen-bond donors (Lipinski definition) is 1. The van der Waals surface area contributed by atoms with Crippen LogP contribution in [0.15, 0.2) is 23.0 Å². The minimum absolute atomic E-state index is 0.000880. The van der Waals surface area contributed by atoms with E-state index in [1.807, 2.05) is 6.07 Å². The van der Waals surface area contributed by atoms with Gasteiger partial charge in [0.1, 0.15) is 0 Å². The van der Waals surface area contributed by atoms with Gasteiger partial charge in [0.15, 0.2) is 0 Å². The van der Waals surface area contributed by atoms with Crippen LogP contribution in [0.4, 0.5) is 0 Å². The highest BCUT2D eigenvalue weighted by atomic mass is 16.1. The molecule has 1 aliphatic carbocycles. The maximum absolute atomic E-state index is 10.9. The van der Waals surface area contributed by atoms with Crippen molar-refractivity contribution in [2.45, 2.75) is 12.8 Å². The third-order valence-corrected chi connectivity index (χ3v) is 1.90. The molecule has 1 heterocycles. The molecule has 1 aromatic rings. The molecule has 2 rings (SSSR count). The lowest BCUT2D eigenvalue weighted by atomic mass is 10.0. The average molecular weight is 147 g/mol. The number of aromatic amines is 1. The first-order valence-electron chi connectivity index (χ1n) is 3.75. The van der Waals surface area contributed by atoms with Gasteiger partial charge < -0.3 is 4.98 Å². The molecule has 1 N–H and O–H groups in total. The summed E-state index contributed by atoms with van der Waals surface area (Å²) in [6.45, 7) is 0. The molecule has 0 aromatic carbocycles. The first-order chi connectivity index (χ1) is 5.36. The van der Waals surface area contributed by atoms with Crippen molar-refractivity contribution in [2.24, 2.45) is 0 Å². The zero-order valence-corrected chi connectivity index (χ0v) is 6.13. The molecule has 0 saturated heterocycles. The largest absolute Gasteiger partial charge is 0.326 e. The molecule has 0 spiro atoms. The number of aromatic nitrogens is 1. The fourth-order valence-corrected chi connectivity index (χ4v) is 1.33. The van der Waals surface area contributed by atoms with Crippen molar-refractivity contribution in [2.75, 3.05) is 0 Å². The van der Waals surface area contributed by atoms with Gasteiger partial charge in [-0.25, -0.2) is 0 Å². The molecule has 0 radical (unpaired) electrons. The van der Waals surface area contributed by atoms with Crippen LogP contribution in [-0.4, -0.2) is 4.98 Å². The van der Waals surface area contributed by atoms with E-state index in [0.717, 1.165) is 24.1 Å². The normalized spacial score (nSPS) is 14.5. The number of hydrogen-bond acceptors (Lipinski definition) is 1. The summed E-state index contributed by atoms with van der Waals surface area (Å²) in [6.07, 6.45) is 6.17. The fourth-order valence-electron chi connectivity index (χ4n) is 1.33. The Morgan fingerprint density at radius 1 is 1.36 bits per heavy atom. The molecule has 0 atom stereocenters. The van der Waals surface area contributed by atoms with E-state index < -0.39 is 0 Å². The zero-order chi connectivity index (χ0) is 7.68. The Balaban J connectivity index is 2.62. The lowest BCUT2D eigenvalue weighted by molar-refractivity contribution is 0.915. The van der Waals surface area contributed by atoms with Gasteiger partial charge >= 0.3 is 0 Å². The Morgan fingerprint density at radius 3 is 3.18 bits per heavy atom. The monoisotopic (exact) mass is 147 g/mol. The molecule has 11 heavy (non-hydrogen) atoms. The van der Waals surface area contributed by atoms with Gasteiger partial charge in [-0.15, -0.1) is 0 Å². The van der Waals surface area contributed by atoms with E-state index in [0.29, 0.717) is 0 Å². The maximum Gasteiger partial charge on any atom is 0.248 e. The fraction of sp³-hybridized carbons (Fsp3) is 0.222. The molecule has 0 fully saturated rings. The predicted octanol–water partition coefficient (Wildman–Crippen LogP) is 1.33. The van der Waals surface area contributed by atoms with E-state index in [2.05, 4.69) is 17.1 Å². The summed E-state index contributed by atoms with van der Waals surface area (Å²) in [5.74, 6) is 0.